The lowest BCUT2D eigenvalue weighted by Crippen LogP contribution is -2.32. The number of alkyl halides is 1. The minimum Gasteiger partial charge on any atom is -0.419 e. The predicted molar refractivity (Wildman–Crippen MR) is 135 cm³/mol. The molecule has 3 heterocycles. The molecule has 0 amide bonds. The van der Waals surface area contributed by atoms with Gasteiger partial charge in [-0.2, -0.15) is 5.10 Å². The quantitative estimate of drug-likeness (QED) is 0.243. The molecule has 2 aromatic carbocycles. The van der Waals surface area contributed by atoms with Crippen molar-refractivity contribution in [3.8, 4) is 22.9 Å². The first-order chi connectivity index (χ1) is 17.6. The van der Waals surface area contributed by atoms with E-state index in [1.807, 2.05) is 85.3 Å². The Labute approximate surface area is 213 Å². The van der Waals surface area contributed by atoms with E-state index in [0.717, 1.165) is 22.5 Å². The van der Waals surface area contributed by atoms with Crippen molar-refractivity contribution >= 4 is 11.6 Å². The van der Waals surface area contributed by atoms with Gasteiger partial charge in [0.05, 0.1) is 24.8 Å². The molecule has 0 radical (unpaired) electrons. The summed E-state index contributed by atoms with van der Waals surface area (Å²) in [6.45, 7) is 5.33. The van der Waals surface area contributed by atoms with Gasteiger partial charge in [0.15, 0.2) is 0 Å². The summed E-state index contributed by atoms with van der Waals surface area (Å²) in [4.78, 5) is 2.11. The van der Waals surface area contributed by atoms with Crippen molar-refractivity contribution in [1.82, 2.24) is 35.1 Å². The smallest absolute Gasteiger partial charge is 0.247 e. The van der Waals surface area contributed by atoms with Gasteiger partial charge in [0.2, 0.25) is 23.6 Å². The summed E-state index contributed by atoms with van der Waals surface area (Å²) in [5.41, 5.74) is 3.73. The monoisotopic (exact) mass is 503 g/mol. The van der Waals surface area contributed by atoms with E-state index in [1.54, 1.807) is 0 Å². The molecule has 0 saturated heterocycles. The van der Waals surface area contributed by atoms with Gasteiger partial charge in [-0.15, -0.1) is 32.0 Å². The average molecular weight is 504 g/mol. The van der Waals surface area contributed by atoms with E-state index in [9.17, 15) is 0 Å². The molecule has 0 fully saturated rings. The number of benzene rings is 2. The Morgan fingerprint density at radius 2 is 1.33 bits per heavy atom. The highest BCUT2D eigenvalue weighted by Gasteiger charge is 2.23. The van der Waals surface area contributed by atoms with E-state index in [2.05, 4.69) is 30.4 Å². The van der Waals surface area contributed by atoms with Crippen molar-refractivity contribution in [1.29, 1.82) is 0 Å². The van der Waals surface area contributed by atoms with Gasteiger partial charge >= 0.3 is 0 Å². The average Bonchev–Trinajstić information content (AvgIpc) is 3.64. The fourth-order valence-electron chi connectivity index (χ4n) is 4.10. The molecule has 10 heteroatoms. The number of nitrogens with zero attached hydrogens (tertiary/aromatic N) is 7. The second-order valence-electron chi connectivity index (χ2n) is 8.58. The number of halogens is 1. The molecule has 0 aliphatic carbocycles. The molecule has 1 unspecified atom stereocenters. The summed E-state index contributed by atoms with van der Waals surface area (Å²) in [6.07, 6.45) is 0. The van der Waals surface area contributed by atoms with E-state index in [0.29, 0.717) is 49.1 Å². The van der Waals surface area contributed by atoms with Crippen LogP contribution in [0.2, 0.25) is 0 Å². The van der Waals surface area contributed by atoms with Crippen molar-refractivity contribution in [3.05, 3.63) is 89.9 Å². The van der Waals surface area contributed by atoms with E-state index in [-0.39, 0.29) is 6.04 Å². The number of hydrogen-bond donors (Lipinski definition) is 0. The Bertz CT molecular complexity index is 1320. The maximum Gasteiger partial charge on any atom is 0.247 e. The minimum atomic E-state index is -0.0756. The van der Waals surface area contributed by atoms with Crippen molar-refractivity contribution in [2.75, 3.05) is 12.4 Å². The third-order valence-corrected chi connectivity index (χ3v) is 6.09. The third-order valence-electron chi connectivity index (χ3n) is 5.73. The summed E-state index contributed by atoms with van der Waals surface area (Å²) in [7, 11) is 0. The minimum absolute atomic E-state index is 0.0756. The van der Waals surface area contributed by atoms with Crippen LogP contribution in [0, 0.1) is 13.8 Å². The summed E-state index contributed by atoms with van der Waals surface area (Å²) in [5, 5.41) is 21.6. The largest absolute Gasteiger partial charge is 0.419 e. The molecule has 5 aromatic rings. The second-order valence-corrected chi connectivity index (χ2v) is 8.89. The lowest BCUT2D eigenvalue weighted by Gasteiger charge is -2.25. The zero-order chi connectivity index (χ0) is 24.9. The summed E-state index contributed by atoms with van der Waals surface area (Å²) < 4.78 is 13.9. The first kappa shape index (κ1) is 23.9. The zero-order valence-electron chi connectivity index (χ0n) is 20.1. The number of aryl methyl sites for hydroxylation is 2. The Hall–Kier alpha value is -3.82. The molecular weight excluding hydrogens is 478 g/mol. The SMILES string of the molecule is Cc1cc(C)n(C(CCl)CN(Cc2nnc(-c3ccccc3)o2)Cc2nnc(-c3ccccc3)o2)n1. The van der Waals surface area contributed by atoms with Crippen molar-refractivity contribution in [3.63, 3.8) is 0 Å². The normalized spacial score (nSPS) is 12.3. The Morgan fingerprint density at radius 3 is 1.78 bits per heavy atom. The van der Waals surface area contributed by atoms with Crippen molar-refractivity contribution < 1.29 is 8.83 Å². The van der Waals surface area contributed by atoms with Crippen LogP contribution in [0.3, 0.4) is 0 Å². The third kappa shape index (κ3) is 5.53. The molecule has 3 aromatic heterocycles. The van der Waals surface area contributed by atoms with Gasteiger partial charge in [-0.05, 0) is 44.2 Å². The number of aromatic nitrogens is 6. The lowest BCUT2D eigenvalue weighted by molar-refractivity contribution is 0.182. The highest BCUT2D eigenvalue weighted by atomic mass is 35.5. The van der Waals surface area contributed by atoms with Crippen LogP contribution in [0.1, 0.15) is 29.2 Å². The number of rotatable bonds is 10. The maximum atomic E-state index is 6.41. The molecule has 0 spiro atoms. The highest BCUT2D eigenvalue weighted by molar-refractivity contribution is 6.18. The van der Waals surface area contributed by atoms with E-state index in [1.165, 1.54) is 0 Å². The molecule has 0 aliphatic rings. The maximum absolute atomic E-state index is 6.41. The summed E-state index contributed by atoms with van der Waals surface area (Å²) in [5.74, 6) is 2.30. The van der Waals surface area contributed by atoms with Crippen LogP contribution in [-0.2, 0) is 13.1 Å². The molecule has 0 aliphatic heterocycles. The topological polar surface area (TPSA) is 98.9 Å². The van der Waals surface area contributed by atoms with Crippen LogP contribution in [0.15, 0.2) is 75.6 Å². The van der Waals surface area contributed by atoms with Crippen LogP contribution in [0.4, 0.5) is 0 Å². The van der Waals surface area contributed by atoms with Gasteiger partial charge in [-0.25, -0.2) is 0 Å². The summed E-state index contributed by atoms with van der Waals surface area (Å²) >= 11 is 6.41. The van der Waals surface area contributed by atoms with Crippen molar-refractivity contribution in [2.24, 2.45) is 0 Å². The van der Waals surface area contributed by atoms with Crippen molar-refractivity contribution in [2.45, 2.75) is 33.0 Å². The van der Waals surface area contributed by atoms with E-state index in [4.69, 9.17) is 20.4 Å². The molecule has 0 N–H and O–H groups in total. The fraction of sp³-hybridized carbons (Fsp3) is 0.269. The van der Waals surface area contributed by atoms with Crippen LogP contribution in [0.5, 0.6) is 0 Å². The Kier molecular flexibility index (Phi) is 7.20. The first-order valence-corrected chi connectivity index (χ1v) is 12.2. The van der Waals surface area contributed by atoms with Crippen LogP contribution in [-0.4, -0.2) is 47.5 Å². The Morgan fingerprint density at radius 1 is 0.806 bits per heavy atom. The molecule has 0 bridgehead atoms. The lowest BCUT2D eigenvalue weighted by atomic mass is 10.2. The van der Waals surface area contributed by atoms with Crippen LogP contribution in [0.25, 0.3) is 22.9 Å². The molecule has 9 nitrogen and oxygen atoms in total. The van der Waals surface area contributed by atoms with E-state index < -0.39 is 0 Å². The van der Waals surface area contributed by atoms with Gasteiger partial charge in [0.1, 0.15) is 0 Å². The number of hydrogen-bond acceptors (Lipinski definition) is 8. The summed E-state index contributed by atoms with van der Waals surface area (Å²) in [6, 6.07) is 21.3. The highest BCUT2D eigenvalue weighted by Crippen LogP contribution is 2.22. The molecule has 1 atom stereocenters. The fourth-order valence-corrected chi connectivity index (χ4v) is 4.33. The molecule has 184 valence electrons. The molecular formula is C26H26ClN7O2. The zero-order valence-corrected chi connectivity index (χ0v) is 20.8. The molecule has 0 saturated carbocycles. The van der Waals surface area contributed by atoms with Crippen LogP contribution < -0.4 is 0 Å². The molecule has 36 heavy (non-hydrogen) atoms. The van der Waals surface area contributed by atoms with Crippen LogP contribution >= 0.6 is 11.6 Å². The van der Waals surface area contributed by atoms with Gasteiger partial charge in [0, 0.05) is 29.2 Å². The van der Waals surface area contributed by atoms with E-state index >= 15 is 0 Å². The molecule has 5 rings (SSSR count). The standard InChI is InChI=1S/C26H26ClN7O2/c1-18-13-19(2)34(32-18)22(14-27)15-33(16-23-28-30-25(35-23)20-9-5-3-6-10-20)17-24-29-31-26(36-24)21-11-7-4-8-12-21/h3-13,22H,14-17H2,1-2H3. The second kappa shape index (κ2) is 10.8. The van der Waals surface area contributed by atoms with Gasteiger partial charge in [-0.1, -0.05) is 36.4 Å². The Balaban J connectivity index is 1.39. The predicted octanol–water partition coefficient (Wildman–Crippen LogP) is 5.08. The van der Waals surface area contributed by atoms with Gasteiger partial charge in [0.25, 0.3) is 0 Å². The first-order valence-electron chi connectivity index (χ1n) is 11.7. The van der Waals surface area contributed by atoms with Gasteiger partial charge < -0.3 is 8.83 Å². The van der Waals surface area contributed by atoms with Gasteiger partial charge in [-0.3, -0.25) is 9.58 Å².